The molecule has 5 heteroatoms. The largest absolute Gasteiger partial charge is 0.296 e. The van der Waals surface area contributed by atoms with E-state index in [1.807, 2.05) is 34.9 Å². The van der Waals surface area contributed by atoms with Crippen LogP contribution in [0.25, 0.3) is 16.7 Å². The summed E-state index contributed by atoms with van der Waals surface area (Å²) in [5.74, 6) is 1.34. The van der Waals surface area contributed by atoms with Crippen LogP contribution in [0.1, 0.15) is 11.4 Å². The van der Waals surface area contributed by atoms with Gasteiger partial charge in [0.25, 0.3) is 0 Å². The predicted octanol–water partition coefficient (Wildman–Crippen LogP) is 4.33. The fourth-order valence-corrected chi connectivity index (χ4v) is 2.72. The van der Waals surface area contributed by atoms with Crippen LogP contribution in [0.4, 0.5) is 0 Å². The van der Waals surface area contributed by atoms with Crippen LogP contribution in [-0.2, 0) is 6.42 Å². The second-order valence-corrected chi connectivity index (χ2v) is 5.35. The Morgan fingerprint density at radius 2 is 1.90 bits per heavy atom. The Kier molecular flexibility index (Phi) is 3.83. The van der Waals surface area contributed by atoms with Gasteiger partial charge in [-0.3, -0.25) is 4.57 Å². The molecule has 3 nitrogen and oxygen atoms in total. The van der Waals surface area contributed by atoms with Crippen molar-refractivity contribution in [3.63, 3.8) is 0 Å². The van der Waals surface area contributed by atoms with Gasteiger partial charge in [0.2, 0.25) is 0 Å². The first-order chi connectivity index (χ1) is 10.2. The molecule has 0 saturated carbocycles. The van der Waals surface area contributed by atoms with E-state index in [2.05, 4.69) is 11.1 Å². The van der Waals surface area contributed by atoms with Crippen molar-refractivity contribution >= 4 is 34.2 Å². The fourth-order valence-electron chi connectivity index (χ4n) is 2.34. The van der Waals surface area contributed by atoms with Gasteiger partial charge in [-0.2, -0.15) is 5.26 Å². The number of hydrogen-bond donors (Lipinski definition) is 0. The van der Waals surface area contributed by atoms with E-state index in [0.717, 1.165) is 22.5 Å². The molecule has 0 bridgehead atoms. The third-order valence-electron chi connectivity index (χ3n) is 3.28. The standard InChI is InChI=1S/C16H11Cl2N3/c17-9-8-15-20-16-13(18)2-1-3-14(16)21(15)12-6-4-11(10-19)5-7-12/h1-7H,8-9H2. The molecular weight excluding hydrogens is 305 g/mol. The Balaban J connectivity index is 2.25. The van der Waals surface area contributed by atoms with Gasteiger partial charge in [-0.05, 0) is 36.4 Å². The topological polar surface area (TPSA) is 41.6 Å². The van der Waals surface area contributed by atoms with Crippen molar-refractivity contribution in [2.75, 3.05) is 5.88 Å². The maximum absolute atomic E-state index is 8.90. The molecule has 1 heterocycles. The Labute approximate surface area is 132 Å². The number of para-hydroxylation sites is 1. The van der Waals surface area contributed by atoms with E-state index in [4.69, 9.17) is 28.5 Å². The maximum Gasteiger partial charge on any atom is 0.115 e. The van der Waals surface area contributed by atoms with E-state index in [-0.39, 0.29) is 0 Å². The van der Waals surface area contributed by atoms with E-state index in [0.29, 0.717) is 22.9 Å². The summed E-state index contributed by atoms with van der Waals surface area (Å²) < 4.78 is 2.03. The number of alkyl halides is 1. The zero-order valence-corrected chi connectivity index (χ0v) is 12.6. The van der Waals surface area contributed by atoms with E-state index in [9.17, 15) is 0 Å². The summed E-state index contributed by atoms with van der Waals surface area (Å²) in [6, 6.07) is 15.2. The number of benzene rings is 2. The highest BCUT2D eigenvalue weighted by Crippen LogP contribution is 2.27. The van der Waals surface area contributed by atoms with Gasteiger partial charge < -0.3 is 0 Å². The lowest BCUT2D eigenvalue weighted by atomic mass is 10.2. The van der Waals surface area contributed by atoms with Crippen LogP contribution in [0.3, 0.4) is 0 Å². The summed E-state index contributed by atoms with van der Waals surface area (Å²) >= 11 is 12.1. The van der Waals surface area contributed by atoms with E-state index >= 15 is 0 Å². The number of aromatic nitrogens is 2. The predicted molar refractivity (Wildman–Crippen MR) is 85.2 cm³/mol. The third-order valence-corrected chi connectivity index (χ3v) is 3.77. The first-order valence-corrected chi connectivity index (χ1v) is 7.38. The third kappa shape index (κ3) is 2.49. The zero-order valence-electron chi connectivity index (χ0n) is 11.1. The highest BCUT2D eigenvalue weighted by molar-refractivity contribution is 6.35. The number of imidazole rings is 1. The molecule has 1 aromatic heterocycles. The van der Waals surface area contributed by atoms with Gasteiger partial charge in [0.15, 0.2) is 0 Å². The number of nitrogens with zero attached hydrogens (tertiary/aromatic N) is 3. The van der Waals surface area contributed by atoms with Crippen molar-refractivity contribution in [2.24, 2.45) is 0 Å². The van der Waals surface area contributed by atoms with Crippen molar-refractivity contribution in [1.29, 1.82) is 5.26 Å². The lowest BCUT2D eigenvalue weighted by molar-refractivity contribution is 0.912. The van der Waals surface area contributed by atoms with Crippen LogP contribution in [0.5, 0.6) is 0 Å². The molecule has 3 rings (SSSR count). The average molecular weight is 316 g/mol. The van der Waals surface area contributed by atoms with Gasteiger partial charge in [0.05, 0.1) is 22.2 Å². The monoisotopic (exact) mass is 315 g/mol. The van der Waals surface area contributed by atoms with Gasteiger partial charge in [0, 0.05) is 18.0 Å². The highest BCUT2D eigenvalue weighted by atomic mass is 35.5. The smallest absolute Gasteiger partial charge is 0.115 e. The van der Waals surface area contributed by atoms with Crippen LogP contribution < -0.4 is 0 Å². The summed E-state index contributed by atoms with van der Waals surface area (Å²) in [6.07, 6.45) is 0.645. The molecule has 0 unspecified atom stereocenters. The Morgan fingerprint density at radius 1 is 1.14 bits per heavy atom. The number of hydrogen-bond acceptors (Lipinski definition) is 2. The fraction of sp³-hybridized carbons (Fsp3) is 0.125. The quantitative estimate of drug-likeness (QED) is 0.675. The van der Waals surface area contributed by atoms with Gasteiger partial charge >= 0.3 is 0 Å². The van der Waals surface area contributed by atoms with Crippen LogP contribution in [0, 0.1) is 11.3 Å². The minimum absolute atomic E-state index is 0.483. The molecule has 2 aromatic carbocycles. The van der Waals surface area contributed by atoms with Crippen molar-refractivity contribution in [3.05, 3.63) is 58.9 Å². The normalized spacial score (nSPS) is 10.7. The number of halogens is 2. The van der Waals surface area contributed by atoms with Crippen LogP contribution in [0.2, 0.25) is 5.02 Å². The Hall–Kier alpha value is -2.02. The maximum atomic E-state index is 8.90. The minimum atomic E-state index is 0.483. The van der Waals surface area contributed by atoms with Gasteiger partial charge in [-0.15, -0.1) is 11.6 Å². The molecular formula is C16H11Cl2N3. The van der Waals surface area contributed by atoms with Crippen LogP contribution >= 0.6 is 23.2 Å². The lowest BCUT2D eigenvalue weighted by Gasteiger charge is -2.08. The summed E-state index contributed by atoms with van der Waals surface area (Å²) in [5, 5.41) is 9.52. The first-order valence-electron chi connectivity index (χ1n) is 6.47. The average Bonchev–Trinajstić information content (AvgIpc) is 2.87. The lowest BCUT2D eigenvalue weighted by Crippen LogP contribution is -2.02. The highest BCUT2D eigenvalue weighted by Gasteiger charge is 2.13. The molecule has 0 radical (unpaired) electrons. The summed E-state index contributed by atoms with van der Waals surface area (Å²) in [4.78, 5) is 4.60. The minimum Gasteiger partial charge on any atom is -0.296 e. The van der Waals surface area contributed by atoms with Crippen molar-refractivity contribution in [3.8, 4) is 11.8 Å². The molecule has 0 fully saturated rings. The van der Waals surface area contributed by atoms with Crippen molar-refractivity contribution in [2.45, 2.75) is 6.42 Å². The van der Waals surface area contributed by atoms with E-state index in [1.165, 1.54) is 0 Å². The molecule has 0 aliphatic heterocycles. The molecule has 0 spiro atoms. The molecule has 104 valence electrons. The number of aryl methyl sites for hydroxylation is 1. The molecule has 0 N–H and O–H groups in total. The van der Waals surface area contributed by atoms with Crippen LogP contribution in [-0.4, -0.2) is 15.4 Å². The molecule has 0 aliphatic rings. The zero-order chi connectivity index (χ0) is 14.8. The Bertz CT molecular complexity index is 829. The second-order valence-electron chi connectivity index (χ2n) is 4.57. The first kappa shape index (κ1) is 13.9. The molecule has 0 aliphatic carbocycles. The molecule has 0 amide bonds. The van der Waals surface area contributed by atoms with Crippen molar-refractivity contribution < 1.29 is 0 Å². The summed E-state index contributed by atoms with van der Waals surface area (Å²) in [7, 11) is 0. The number of fused-ring (bicyclic) bond motifs is 1. The summed E-state index contributed by atoms with van der Waals surface area (Å²) in [5.41, 5.74) is 3.27. The van der Waals surface area contributed by atoms with E-state index in [1.54, 1.807) is 12.1 Å². The van der Waals surface area contributed by atoms with Gasteiger partial charge in [-0.1, -0.05) is 17.7 Å². The Morgan fingerprint density at radius 3 is 2.57 bits per heavy atom. The SMILES string of the molecule is N#Cc1ccc(-n2c(CCCl)nc3c(Cl)cccc32)cc1. The molecule has 0 atom stereocenters. The number of nitriles is 1. The summed E-state index contributed by atoms with van der Waals surface area (Å²) in [6.45, 7) is 0. The van der Waals surface area contributed by atoms with E-state index < -0.39 is 0 Å². The number of rotatable bonds is 3. The molecule has 0 saturated heterocycles. The van der Waals surface area contributed by atoms with Gasteiger partial charge in [0.1, 0.15) is 11.3 Å². The van der Waals surface area contributed by atoms with Crippen molar-refractivity contribution in [1.82, 2.24) is 9.55 Å². The second kappa shape index (κ2) is 5.77. The molecule has 21 heavy (non-hydrogen) atoms. The molecule has 3 aromatic rings. The van der Waals surface area contributed by atoms with Crippen LogP contribution in [0.15, 0.2) is 42.5 Å². The van der Waals surface area contributed by atoms with Gasteiger partial charge in [-0.25, -0.2) is 4.98 Å².